The van der Waals surface area contributed by atoms with Crippen LogP contribution in [0.2, 0.25) is 0 Å². The van der Waals surface area contributed by atoms with E-state index in [0.717, 1.165) is 12.8 Å². The summed E-state index contributed by atoms with van der Waals surface area (Å²) in [6.45, 7) is 3.02. The number of nitrogens with one attached hydrogen (secondary N) is 3. The lowest BCUT2D eigenvalue weighted by Crippen LogP contribution is -2.44. The largest absolute Gasteiger partial charge is 0.339 e. The van der Waals surface area contributed by atoms with Gasteiger partial charge in [0.2, 0.25) is 10.0 Å². The third-order valence-electron chi connectivity index (χ3n) is 4.65. The Bertz CT molecular complexity index is 903. The van der Waals surface area contributed by atoms with Crippen LogP contribution in [0, 0.1) is 6.92 Å². The Kier molecular flexibility index (Phi) is 5.88. The maximum absolute atomic E-state index is 12.7. The van der Waals surface area contributed by atoms with Crippen molar-refractivity contribution in [1.82, 2.24) is 30.1 Å². The van der Waals surface area contributed by atoms with Crippen LogP contribution in [0.5, 0.6) is 0 Å². The number of carbonyl (C=O) groups is 1. The van der Waals surface area contributed by atoms with E-state index in [0.29, 0.717) is 36.3 Å². The van der Waals surface area contributed by atoms with Gasteiger partial charge in [0.1, 0.15) is 5.82 Å². The van der Waals surface area contributed by atoms with Crippen molar-refractivity contribution in [2.75, 3.05) is 20.1 Å². The number of nitrogens with zero attached hydrogens (tertiary/aromatic N) is 3. The minimum absolute atomic E-state index is 0.0254. The van der Waals surface area contributed by atoms with Gasteiger partial charge >= 0.3 is 0 Å². The zero-order chi connectivity index (χ0) is 19.4. The molecule has 2 heterocycles. The molecule has 0 saturated carbocycles. The number of sulfonamides is 1. The average Bonchev–Trinajstić information content (AvgIpc) is 3.11. The van der Waals surface area contributed by atoms with E-state index >= 15 is 0 Å². The van der Waals surface area contributed by atoms with Crippen LogP contribution >= 0.6 is 0 Å². The maximum atomic E-state index is 12.7. The van der Waals surface area contributed by atoms with Crippen LogP contribution in [0.15, 0.2) is 29.2 Å². The summed E-state index contributed by atoms with van der Waals surface area (Å²) in [5.74, 6) is 0.820. The van der Waals surface area contributed by atoms with Crippen molar-refractivity contribution in [3.8, 4) is 0 Å². The zero-order valence-electron chi connectivity index (χ0n) is 15.4. The van der Waals surface area contributed by atoms with Crippen LogP contribution in [-0.2, 0) is 16.6 Å². The number of benzene rings is 1. The van der Waals surface area contributed by atoms with Crippen molar-refractivity contribution in [1.29, 1.82) is 0 Å². The third-order valence-corrected chi connectivity index (χ3v) is 6.04. The van der Waals surface area contributed by atoms with Gasteiger partial charge in [0.25, 0.3) is 5.91 Å². The van der Waals surface area contributed by atoms with E-state index in [9.17, 15) is 13.2 Å². The topological polar surface area (TPSA) is 120 Å². The normalized spacial score (nSPS) is 15.9. The number of likely N-dealkylation sites (tertiary alicyclic amines) is 1. The number of H-pyrrole nitrogens is 1. The molecule has 27 heavy (non-hydrogen) atoms. The molecule has 1 aromatic heterocycles. The van der Waals surface area contributed by atoms with Gasteiger partial charge in [-0.2, -0.15) is 5.10 Å². The summed E-state index contributed by atoms with van der Waals surface area (Å²) in [6, 6.07) is 6.53. The molecule has 0 bridgehead atoms. The monoisotopic (exact) mass is 392 g/mol. The lowest BCUT2D eigenvalue weighted by Gasteiger charge is -2.31. The van der Waals surface area contributed by atoms with Gasteiger partial charge in [-0.3, -0.25) is 9.89 Å². The molecule has 10 heteroatoms. The first-order chi connectivity index (χ1) is 12.9. The molecule has 3 N–H and O–H groups in total. The summed E-state index contributed by atoms with van der Waals surface area (Å²) in [5, 5.41) is 9.79. The van der Waals surface area contributed by atoms with Crippen molar-refractivity contribution in [3.05, 3.63) is 41.5 Å². The summed E-state index contributed by atoms with van der Waals surface area (Å²) >= 11 is 0. The summed E-state index contributed by atoms with van der Waals surface area (Å²) in [7, 11) is -1.85. The Labute approximate surface area is 158 Å². The minimum Gasteiger partial charge on any atom is -0.339 e. The van der Waals surface area contributed by atoms with Gasteiger partial charge in [-0.15, -0.1) is 0 Å². The first-order valence-corrected chi connectivity index (χ1v) is 10.3. The van der Waals surface area contributed by atoms with Crippen molar-refractivity contribution < 1.29 is 13.2 Å². The predicted octanol–water partition coefficient (Wildman–Crippen LogP) is 0.416. The molecule has 0 aliphatic carbocycles. The Morgan fingerprint density at radius 1 is 1.33 bits per heavy atom. The maximum Gasteiger partial charge on any atom is 0.253 e. The summed E-state index contributed by atoms with van der Waals surface area (Å²) in [4.78, 5) is 18.6. The van der Waals surface area contributed by atoms with E-state index in [1.165, 1.54) is 12.1 Å². The van der Waals surface area contributed by atoms with E-state index in [1.807, 2.05) is 7.05 Å². The van der Waals surface area contributed by atoms with Gasteiger partial charge in [0, 0.05) is 24.7 Å². The van der Waals surface area contributed by atoms with Gasteiger partial charge in [-0.1, -0.05) is 6.07 Å². The Hall–Kier alpha value is -2.30. The molecule has 1 aromatic carbocycles. The highest BCUT2D eigenvalue weighted by Crippen LogP contribution is 2.17. The van der Waals surface area contributed by atoms with Crippen LogP contribution in [0.25, 0.3) is 0 Å². The first-order valence-electron chi connectivity index (χ1n) is 8.83. The van der Waals surface area contributed by atoms with E-state index < -0.39 is 10.0 Å². The molecule has 2 aromatic rings. The second-order valence-electron chi connectivity index (χ2n) is 6.54. The highest BCUT2D eigenvalue weighted by molar-refractivity contribution is 7.89. The molecule has 1 aliphatic rings. The molecule has 1 saturated heterocycles. The Balaban J connectivity index is 1.69. The van der Waals surface area contributed by atoms with Crippen LogP contribution < -0.4 is 10.0 Å². The number of hydrogen-bond acceptors (Lipinski definition) is 6. The molecule has 0 spiro atoms. The molecule has 1 fully saturated rings. The molecular formula is C17H24N6O3S. The molecular weight excluding hydrogens is 368 g/mol. The second kappa shape index (κ2) is 8.15. The molecule has 0 unspecified atom stereocenters. The average molecular weight is 392 g/mol. The van der Waals surface area contributed by atoms with Gasteiger partial charge < -0.3 is 10.2 Å². The fourth-order valence-electron chi connectivity index (χ4n) is 3.06. The van der Waals surface area contributed by atoms with Crippen LogP contribution in [0.1, 0.15) is 34.8 Å². The number of aromatic nitrogens is 3. The molecule has 1 aliphatic heterocycles. The van der Waals surface area contributed by atoms with E-state index in [2.05, 4.69) is 25.2 Å². The van der Waals surface area contributed by atoms with E-state index in [4.69, 9.17) is 0 Å². The number of amides is 1. The molecule has 0 radical (unpaired) electrons. The fourth-order valence-corrected chi connectivity index (χ4v) is 4.09. The predicted molar refractivity (Wildman–Crippen MR) is 99.6 cm³/mol. The minimum atomic E-state index is -3.77. The van der Waals surface area contributed by atoms with Gasteiger partial charge in [0.05, 0.1) is 11.4 Å². The number of aromatic amines is 1. The van der Waals surface area contributed by atoms with Gasteiger partial charge in [0.15, 0.2) is 5.82 Å². The lowest BCUT2D eigenvalue weighted by atomic mass is 10.0. The van der Waals surface area contributed by atoms with Crippen LogP contribution in [0.3, 0.4) is 0 Å². The van der Waals surface area contributed by atoms with Crippen LogP contribution in [0.4, 0.5) is 0 Å². The highest BCUT2D eigenvalue weighted by atomic mass is 32.2. The first kappa shape index (κ1) is 19.5. The van der Waals surface area contributed by atoms with Crippen molar-refractivity contribution in [2.24, 2.45) is 0 Å². The standard InChI is InChI=1S/C17H24N6O3S/c1-12-20-16(22-21-12)11-19-27(25,26)15-5-3-4-13(10-15)17(24)23-8-6-14(18-2)7-9-23/h3-5,10,14,18-19H,6-9,11H2,1-2H3,(H,20,21,22). The summed E-state index contributed by atoms with van der Waals surface area (Å²) < 4.78 is 27.5. The Morgan fingerprint density at radius 2 is 2.07 bits per heavy atom. The number of rotatable bonds is 6. The molecule has 3 rings (SSSR count). The molecule has 1 amide bonds. The molecule has 9 nitrogen and oxygen atoms in total. The third kappa shape index (κ3) is 4.71. The number of carbonyl (C=O) groups excluding carboxylic acids is 1. The van der Waals surface area contributed by atoms with Crippen LogP contribution in [-0.4, -0.2) is 60.6 Å². The number of hydrogen-bond donors (Lipinski definition) is 3. The zero-order valence-corrected chi connectivity index (χ0v) is 16.2. The number of piperidine rings is 1. The second-order valence-corrected chi connectivity index (χ2v) is 8.31. The van der Waals surface area contributed by atoms with E-state index in [-0.39, 0.29) is 17.3 Å². The van der Waals surface area contributed by atoms with E-state index in [1.54, 1.807) is 24.0 Å². The van der Waals surface area contributed by atoms with Crippen molar-refractivity contribution in [2.45, 2.75) is 37.2 Å². The molecule has 146 valence electrons. The summed E-state index contributed by atoms with van der Waals surface area (Å²) in [6.07, 6.45) is 1.77. The number of aryl methyl sites for hydroxylation is 1. The molecule has 0 atom stereocenters. The quantitative estimate of drug-likeness (QED) is 0.655. The Morgan fingerprint density at radius 3 is 2.70 bits per heavy atom. The SMILES string of the molecule is CNC1CCN(C(=O)c2cccc(S(=O)(=O)NCc3n[nH]c(C)n3)c2)CC1. The van der Waals surface area contributed by atoms with Gasteiger partial charge in [-0.05, 0) is 45.0 Å². The lowest BCUT2D eigenvalue weighted by molar-refractivity contribution is 0.0707. The fraction of sp³-hybridized carbons (Fsp3) is 0.471. The van der Waals surface area contributed by atoms with Gasteiger partial charge in [-0.25, -0.2) is 18.1 Å². The summed E-state index contributed by atoms with van der Waals surface area (Å²) in [5.41, 5.74) is 0.370. The van der Waals surface area contributed by atoms with Crippen molar-refractivity contribution in [3.63, 3.8) is 0 Å². The highest BCUT2D eigenvalue weighted by Gasteiger charge is 2.24. The van der Waals surface area contributed by atoms with Crippen molar-refractivity contribution >= 4 is 15.9 Å². The smallest absolute Gasteiger partial charge is 0.253 e.